The molecule has 2 N–H and O–H groups in total. The summed E-state index contributed by atoms with van der Waals surface area (Å²) >= 11 is 0. The minimum absolute atomic E-state index is 0.101. The van der Waals surface area contributed by atoms with E-state index in [1.165, 1.54) is 12.5 Å². The molecular weight excluding hydrogens is 234 g/mol. The van der Waals surface area contributed by atoms with Gasteiger partial charge in [-0.15, -0.1) is 0 Å². The monoisotopic (exact) mass is 251 g/mol. The first-order valence-electron chi connectivity index (χ1n) is 6.11. The van der Waals surface area contributed by atoms with Gasteiger partial charge in [-0.2, -0.15) is 0 Å². The van der Waals surface area contributed by atoms with Crippen LogP contribution in [0, 0.1) is 5.92 Å². The number of carboxylic acid groups (broad SMARTS) is 1. The fourth-order valence-electron chi connectivity index (χ4n) is 2.23. The van der Waals surface area contributed by atoms with E-state index in [4.69, 9.17) is 9.84 Å². The van der Waals surface area contributed by atoms with Gasteiger partial charge >= 0.3 is 5.97 Å². The molecule has 1 fully saturated rings. The maximum Gasteiger partial charge on any atom is 0.341 e. The van der Waals surface area contributed by atoms with E-state index < -0.39 is 5.97 Å². The van der Waals surface area contributed by atoms with E-state index in [9.17, 15) is 4.79 Å². The summed E-state index contributed by atoms with van der Waals surface area (Å²) in [6, 6.07) is 0. The molecule has 1 aliphatic heterocycles. The Hall–Kier alpha value is -1.69. The van der Waals surface area contributed by atoms with Crippen LogP contribution in [0.3, 0.4) is 0 Å². The van der Waals surface area contributed by atoms with Crippen molar-refractivity contribution in [1.82, 2.24) is 9.97 Å². The van der Waals surface area contributed by atoms with Crippen LogP contribution in [-0.4, -0.2) is 40.3 Å². The van der Waals surface area contributed by atoms with Crippen LogP contribution in [0.2, 0.25) is 0 Å². The molecule has 2 unspecified atom stereocenters. The average Bonchev–Trinajstić information content (AvgIpc) is 2.84. The van der Waals surface area contributed by atoms with Gasteiger partial charge in [-0.25, -0.2) is 14.8 Å². The lowest BCUT2D eigenvalue weighted by atomic mass is 10.00. The summed E-state index contributed by atoms with van der Waals surface area (Å²) in [5.41, 5.74) is 0.101. The average molecular weight is 251 g/mol. The molecule has 6 heteroatoms. The summed E-state index contributed by atoms with van der Waals surface area (Å²) in [7, 11) is 0. The highest BCUT2D eigenvalue weighted by molar-refractivity contribution is 5.92. The van der Waals surface area contributed by atoms with Gasteiger partial charge in [-0.1, -0.05) is 6.92 Å². The molecular formula is C12H17N3O3. The van der Waals surface area contributed by atoms with Crippen molar-refractivity contribution in [3.8, 4) is 0 Å². The minimum Gasteiger partial charge on any atom is -0.477 e. The number of aromatic nitrogens is 2. The number of hydrogen-bond donors (Lipinski definition) is 2. The maximum absolute atomic E-state index is 11.0. The highest BCUT2D eigenvalue weighted by Crippen LogP contribution is 2.24. The zero-order chi connectivity index (χ0) is 13.0. The molecule has 0 aliphatic carbocycles. The van der Waals surface area contributed by atoms with Crippen LogP contribution in [0.5, 0.6) is 0 Å². The van der Waals surface area contributed by atoms with E-state index in [0.717, 1.165) is 19.4 Å². The Morgan fingerprint density at radius 2 is 2.50 bits per heavy atom. The molecule has 0 amide bonds. The number of carboxylic acids is 1. The molecule has 0 spiro atoms. The second kappa shape index (κ2) is 5.77. The highest BCUT2D eigenvalue weighted by atomic mass is 16.5. The van der Waals surface area contributed by atoms with Gasteiger partial charge in [0.2, 0.25) is 0 Å². The topological polar surface area (TPSA) is 84.3 Å². The highest BCUT2D eigenvalue weighted by Gasteiger charge is 2.26. The Morgan fingerprint density at radius 3 is 3.22 bits per heavy atom. The lowest BCUT2D eigenvalue weighted by molar-refractivity contribution is 0.0697. The number of nitrogens with zero attached hydrogens (tertiary/aromatic N) is 2. The predicted molar refractivity (Wildman–Crippen MR) is 65.6 cm³/mol. The van der Waals surface area contributed by atoms with Crippen molar-refractivity contribution >= 4 is 11.8 Å². The summed E-state index contributed by atoms with van der Waals surface area (Å²) in [5, 5.41) is 12.1. The Labute approximate surface area is 105 Å². The standard InChI is InChI=1S/C12H17N3O3/c1-2-10-8(3-4-18-10)5-14-11-9(12(16)17)6-13-7-15-11/h6-8,10H,2-5H2,1H3,(H,16,17)(H,13,14,15). The Morgan fingerprint density at radius 1 is 1.67 bits per heavy atom. The van der Waals surface area contributed by atoms with Crippen LogP contribution in [0.25, 0.3) is 0 Å². The molecule has 0 radical (unpaired) electrons. The molecule has 2 atom stereocenters. The first-order valence-corrected chi connectivity index (χ1v) is 6.11. The molecule has 1 aromatic rings. The van der Waals surface area contributed by atoms with Crippen LogP contribution in [-0.2, 0) is 4.74 Å². The van der Waals surface area contributed by atoms with Crippen LogP contribution in [0.1, 0.15) is 30.1 Å². The van der Waals surface area contributed by atoms with E-state index in [2.05, 4.69) is 22.2 Å². The molecule has 6 nitrogen and oxygen atoms in total. The van der Waals surface area contributed by atoms with Crippen molar-refractivity contribution in [2.45, 2.75) is 25.9 Å². The minimum atomic E-state index is -1.02. The van der Waals surface area contributed by atoms with Crippen molar-refractivity contribution < 1.29 is 14.6 Å². The lowest BCUT2D eigenvalue weighted by Gasteiger charge is -2.17. The van der Waals surface area contributed by atoms with Crippen molar-refractivity contribution in [3.05, 3.63) is 18.1 Å². The molecule has 0 aromatic carbocycles. The molecule has 18 heavy (non-hydrogen) atoms. The molecule has 1 aromatic heterocycles. The van der Waals surface area contributed by atoms with Gasteiger partial charge in [0, 0.05) is 25.3 Å². The quantitative estimate of drug-likeness (QED) is 0.823. The lowest BCUT2D eigenvalue weighted by Crippen LogP contribution is -2.24. The largest absolute Gasteiger partial charge is 0.477 e. The second-order valence-electron chi connectivity index (χ2n) is 4.34. The smallest absolute Gasteiger partial charge is 0.341 e. The maximum atomic E-state index is 11.0. The Kier molecular flexibility index (Phi) is 4.09. The second-order valence-corrected chi connectivity index (χ2v) is 4.34. The summed E-state index contributed by atoms with van der Waals surface area (Å²) in [4.78, 5) is 18.7. The van der Waals surface area contributed by atoms with Gasteiger partial charge in [0.1, 0.15) is 17.7 Å². The third-order valence-electron chi connectivity index (χ3n) is 3.22. The van der Waals surface area contributed by atoms with E-state index in [1.807, 2.05) is 0 Å². The summed E-state index contributed by atoms with van der Waals surface area (Å²) in [5.74, 6) is -0.237. The predicted octanol–water partition coefficient (Wildman–Crippen LogP) is 1.40. The molecule has 0 bridgehead atoms. The summed E-state index contributed by atoms with van der Waals surface area (Å²) in [6.07, 6.45) is 4.88. The van der Waals surface area contributed by atoms with Crippen molar-refractivity contribution in [2.24, 2.45) is 5.92 Å². The third kappa shape index (κ3) is 2.76. The molecule has 1 saturated heterocycles. The number of nitrogens with one attached hydrogen (secondary N) is 1. The number of rotatable bonds is 5. The van der Waals surface area contributed by atoms with Crippen LogP contribution >= 0.6 is 0 Å². The van der Waals surface area contributed by atoms with Crippen molar-refractivity contribution in [3.63, 3.8) is 0 Å². The Balaban J connectivity index is 2.00. The zero-order valence-electron chi connectivity index (χ0n) is 10.3. The number of carbonyl (C=O) groups is 1. The van der Waals surface area contributed by atoms with Gasteiger partial charge < -0.3 is 15.2 Å². The normalized spacial score (nSPS) is 22.9. The first-order chi connectivity index (χ1) is 8.72. The molecule has 0 saturated carbocycles. The Bertz CT molecular complexity index is 425. The molecule has 2 heterocycles. The fourth-order valence-corrected chi connectivity index (χ4v) is 2.23. The summed E-state index contributed by atoms with van der Waals surface area (Å²) in [6.45, 7) is 3.55. The molecule has 1 aliphatic rings. The van der Waals surface area contributed by atoms with Crippen molar-refractivity contribution in [1.29, 1.82) is 0 Å². The number of ether oxygens (including phenoxy) is 1. The van der Waals surface area contributed by atoms with Gasteiger partial charge in [-0.05, 0) is 12.8 Å². The van der Waals surface area contributed by atoms with Crippen LogP contribution in [0.15, 0.2) is 12.5 Å². The third-order valence-corrected chi connectivity index (χ3v) is 3.22. The summed E-state index contributed by atoms with van der Waals surface area (Å²) < 4.78 is 5.59. The SMILES string of the molecule is CCC1OCCC1CNc1ncncc1C(=O)O. The van der Waals surface area contributed by atoms with Gasteiger partial charge in [0.05, 0.1) is 6.10 Å². The van der Waals surface area contributed by atoms with Crippen LogP contribution in [0.4, 0.5) is 5.82 Å². The fraction of sp³-hybridized carbons (Fsp3) is 0.583. The number of aromatic carboxylic acids is 1. The van der Waals surface area contributed by atoms with Crippen molar-refractivity contribution in [2.75, 3.05) is 18.5 Å². The van der Waals surface area contributed by atoms with E-state index >= 15 is 0 Å². The zero-order valence-corrected chi connectivity index (χ0v) is 10.3. The first kappa shape index (κ1) is 12.8. The van der Waals surface area contributed by atoms with Gasteiger partial charge in [0.25, 0.3) is 0 Å². The number of hydrogen-bond acceptors (Lipinski definition) is 5. The van der Waals surface area contributed by atoms with E-state index in [1.54, 1.807) is 0 Å². The van der Waals surface area contributed by atoms with Crippen LogP contribution < -0.4 is 5.32 Å². The molecule has 98 valence electrons. The van der Waals surface area contributed by atoms with Gasteiger partial charge in [-0.3, -0.25) is 0 Å². The van der Waals surface area contributed by atoms with E-state index in [-0.39, 0.29) is 11.7 Å². The number of anilines is 1. The van der Waals surface area contributed by atoms with Gasteiger partial charge in [0.15, 0.2) is 0 Å². The van der Waals surface area contributed by atoms with E-state index in [0.29, 0.717) is 18.3 Å². The molecule has 2 rings (SSSR count).